The molecule has 2 atom stereocenters. The van der Waals surface area contributed by atoms with E-state index in [2.05, 4.69) is 10.3 Å². The lowest BCUT2D eigenvalue weighted by Gasteiger charge is -2.41. The summed E-state index contributed by atoms with van der Waals surface area (Å²) in [6.07, 6.45) is -1.05. The molecule has 2 amide bonds. The van der Waals surface area contributed by atoms with Crippen molar-refractivity contribution in [3.05, 3.63) is 59.7 Å². The fourth-order valence-corrected chi connectivity index (χ4v) is 4.71. The third kappa shape index (κ3) is 5.62. The van der Waals surface area contributed by atoms with Crippen molar-refractivity contribution in [1.82, 2.24) is 10.2 Å². The van der Waals surface area contributed by atoms with Crippen LogP contribution in [0.4, 0.5) is 9.59 Å². The van der Waals surface area contributed by atoms with E-state index in [0.29, 0.717) is 26.0 Å². The molecule has 9 nitrogen and oxygen atoms in total. The minimum absolute atomic E-state index is 0.0128. The maximum atomic E-state index is 13.1. The summed E-state index contributed by atoms with van der Waals surface area (Å²) in [5.74, 6) is -0.0128. The third-order valence-electron chi connectivity index (χ3n) is 6.10. The van der Waals surface area contributed by atoms with Gasteiger partial charge in [-0.15, -0.1) is 4.99 Å². The van der Waals surface area contributed by atoms with Crippen molar-refractivity contribution in [2.45, 2.75) is 64.5 Å². The van der Waals surface area contributed by atoms with Crippen LogP contribution in [-0.2, 0) is 14.2 Å². The Bertz CT molecular complexity index is 1100. The number of rotatable bonds is 4. The van der Waals surface area contributed by atoms with Gasteiger partial charge in [-0.3, -0.25) is 0 Å². The van der Waals surface area contributed by atoms with Gasteiger partial charge in [-0.2, -0.15) is 0 Å². The lowest BCUT2D eigenvalue weighted by molar-refractivity contribution is -0.0622. The van der Waals surface area contributed by atoms with Crippen molar-refractivity contribution in [3.8, 4) is 11.1 Å². The monoisotopic (exact) mass is 494 g/mol. The Kier molecular flexibility index (Phi) is 7.49. The molecule has 0 radical (unpaired) electrons. The molecule has 1 saturated heterocycles. The van der Waals surface area contributed by atoms with Gasteiger partial charge in [0.1, 0.15) is 5.60 Å². The number of nitrogens with one attached hydrogen (secondary N) is 1. The van der Waals surface area contributed by atoms with Crippen molar-refractivity contribution in [1.29, 1.82) is 0 Å². The number of alkyl carbamates (subject to hydrolysis) is 1. The smallest absolute Gasteiger partial charge is 0.437 e. The Balaban J connectivity index is 1.48. The quantitative estimate of drug-likeness (QED) is 0.473. The molecule has 3 N–H and O–H groups in total. The average Bonchev–Trinajstić information content (AvgIpc) is 3.13. The number of nitrogens with zero attached hydrogens (tertiary/aromatic N) is 2. The molecule has 2 aliphatic rings. The second-order valence-corrected chi connectivity index (χ2v) is 9.84. The van der Waals surface area contributed by atoms with Gasteiger partial charge in [-0.05, 0) is 51.7 Å². The predicted octanol–water partition coefficient (Wildman–Crippen LogP) is 4.56. The SMILES string of the molecule is CCOC1C(NC(=O)OC2c3ccccc3-c3ccccc32)CCCN1/C(N)=N/C(=O)OC(C)(C)C. The number of amides is 2. The van der Waals surface area contributed by atoms with Crippen molar-refractivity contribution in [2.24, 2.45) is 10.7 Å². The van der Waals surface area contributed by atoms with Crippen LogP contribution >= 0.6 is 0 Å². The minimum atomic E-state index is -0.775. The van der Waals surface area contributed by atoms with Crippen molar-refractivity contribution in [2.75, 3.05) is 13.2 Å². The van der Waals surface area contributed by atoms with Gasteiger partial charge in [0.2, 0.25) is 5.96 Å². The number of fused-ring (bicyclic) bond motifs is 3. The highest BCUT2D eigenvalue weighted by Crippen LogP contribution is 2.45. The van der Waals surface area contributed by atoms with Crippen LogP contribution in [0.25, 0.3) is 11.1 Å². The number of benzene rings is 2. The zero-order valence-electron chi connectivity index (χ0n) is 21.2. The van der Waals surface area contributed by atoms with Crippen LogP contribution in [0.3, 0.4) is 0 Å². The zero-order valence-corrected chi connectivity index (χ0v) is 21.2. The van der Waals surface area contributed by atoms with Gasteiger partial charge in [0.25, 0.3) is 0 Å². The van der Waals surface area contributed by atoms with Gasteiger partial charge in [0, 0.05) is 24.3 Å². The molecule has 0 saturated carbocycles. The van der Waals surface area contributed by atoms with Gasteiger partial charge in [-0.1, -0.05) is 48.5 Å². The van der Waals surface area contributed by atoms with Crippen molar-refractivity contribution >= 4 is 18.1 Å². The summed E-state index contributed by atoms with van der Waals surface area (Å²) in [6, 6.07) is 15.4. The Morgan fingerprint density at radius 1 is 1.08 bits per heavy atom. The number of nitrogens with two attached hydrogens (primary N) is 1. The molecule has 0 spiro atoms. The Morgan fingerprint density at radius 3 is 2.28 bits per heavy atom. The molecule has 1 heterocycles. The highest BCUT2D eigenvalue weighted by atomic mass is 16.6. The number of hydrogen-bond donors (Lipinski definition) is 2. The van der Waals surface area contributed by atoms with E-state index in [9.17, 15) is 9.59 Å². The number of likely N-dealkylation sites (tertiary alicyclic amines) is 1. The molecule has 9 heteroatoms. The molecule has 192 valence electrons. The molecule has 1 aliphatic carbocycles. The summed E-state index contributed by atoms with van der Waals surface area (Å²) in [5, 5.41) is 2.96. The van der Waals surface area contributed by atoms with Crippen LogP contribution in [-0.4, -0.2) is 54.1 Å². The number of guanidine groups is 1. The highest BCUT2D eigenvalue weighted by molar-refractivity contribution is 5.89. The minimum Gasteiger partial charge on any atom is -0.442 e. The third-order valence-corrected chi connectivity index (χ3v) is 6.10. The van der Waals surface area contributed by atoms with E-state index < -0.39 is 36.2 Å². The molecule has 2 aromatic carbocycles. The standard InChI is InChI=1S/C27H34N4O5/c1-5-34-23-21(15-10-16-31(23)24(28)30-26(33)36-27(2,3)4)29-25(32)35-22-19-13-8-6-11-17(19)18-12-7-9-14-20(18)22/h6-9,11-14,21-23H,5,10,15-16H2,1-4H3,(H,29,32)(H2,28,30,33). The maximum Gasteiger partial charge on any atom is 0.437 e. The molecule has 2 aromatic rings. The average molecular weight is 495 g/mol. The van der Waals surface area contributed by atoms with Crippen LogP contribution in [0.15, 0.2) is 53.5 Å². The van der Waals surface area contributed by atoms with Gasteiger partial charge >= 0.3 is 12.2 Å². The van der Waals surface area contributed by atoms with Crippen LogP contribution < -0.4 is 11.1 Å². The fourth-order valence-electron chi connectivity index (χ4n) is 4.71. The summed E-state index contributed by atoms with van der Waals surface area (Å²) in [5.41, 5.74) is 9.52. The fraction of sp³-hybridized carbons (Fsp3) is 0.444. The molecular weight excluding hydrogens is 460 g/mol. The molecule has 1 aliphatic heterocycles. The van der Waals surface area contributed by atoms with Crippen LogP contribution in [0, 0.1) is 0 Å². The van der Waals surface area contributed by atoms with E-state index in [-0.39, 0.29) is 5.96 Å². The number of ether oxygens (including phenoxy) is 3. The molecule has 1 fully saturated rings. The summed E-state index contributed by atoms with van der Waals surface area (Å²) in [4.78, 5) is 30.9. The van der Waals surface area contributed by atoms with E-state index >= 15 is 0 Å². The van der Waals surface area contributed by atoms with E-state index in [1.54, 1.807) is 25.7 Å². The number of carbonyl (C=O) groups excluding carboxylic acids is 2. The van der Waals surface area contributed by atoms with Gasteiger partial charge in [-0.25, -0.2) is 9.59 Å². The first-order chi connectivity index (χ1) is 17.2. The first-order valence-corrected chi connectivity index (χ1v) is 12.3. The first-order valence-electron chi connectivity index (χ1n) is 12.3. The lowest BCUT2D eigenvalue weighted by atomic mass is 10.0. The number of aliphatic imine (C=N–C) groups is 1. The lowest BCUT2D eigenvalue weighted by Crippen LogP contribution is -2.60. The Labute approximate surface area is 211 Å². The first kappa shape index (κ1) is 25.5. The van der Waals surface area contributed by atoms with Crippen LogP contribution in [0.2, 0.25) is 0 Å². The summed E-state index contributed by atoms with van der Waals surface area (Å²) < 4.78 is 17.1. The molecular formula is C27H34N4O5. The number of hydrogen-bond acceptors (Lipinski definition) is 5. The Hall–Kier alpha value is -3.59. The second kappa shape index (κ2) is 10.6. The zero-order chi connectivity index (χ0) is 25.9. The summed E-state index contributed by atoms with van der Waals surface area (Å²) >= 11 is 0. The molecule has 36 heavy (non-hydrogen) atoms. The highest BCUT2D eigenvalue weighted by Gasteiger charge is 2.37. The maximum absolute atomic E-state index is 13.1. The number of piperidine rings is 1. The van der Waals surface area contributed by atoms with Crippen LogP contribution in [0.1, 0.15) is 57.8 Å². The normalized spacial score (nSPS) is 19.9. The van der Waals surface area contributed by atoms with Gasteiger partial charge < -0.3 is 30.2 Å². The number of carbonyl (C=O) groups is 2. The van der Waals surface area contributed by atoms with Crippen molar-refractivity contribution < 1.29 is 23.8 Å². The topological polar surface area (TPSA) is 115 Å². The summed E-state index contributed by atoms with van der Waals surface area (Å²) in [7, 11) is 0. The molecule has 2 unspecified atom stereocenters. The Morgan fingerprint density at radius 2 is 1.69 bits per heavy atom. The van der Waals surface area contributed by atoms with Crippen LogP contribution in [0.5, 0.6) is 0 Å². The van der Waals surface area contributed by atoms with Gasteiger partial charge in [0.15, 0.2) is 12.3 Å². The predicted molar refractivity (Wildman–Crippen MR) is 136 cm³/mol. The van der Waals surface area contributed by atoms with Gasteiger partial charge in [0.05, 0.1) is 6.04 Å². The largest absolute Gasteiger partial charge is 0.442 e. The summed E-state index contributed by atoms with van der Waals surface area (Å²) in [6.45, 7) is 8.04. The van der Waals surface area contributed by atoms with Crippen molar-refractivity contribution in [3.63, 3.8) is 0 Å². The van der Waals surface area contributed by atoms with E-state index in [4.69, 9.17) is 19.9 Å². The molecule has 0 bridgehead atoms. The van der Waals surface area contributed by atoms with E-state index in [1.165, 1.54) is 0 Å². The second-order valence-electron chi connectivity index (χ2n) is 9.84. The molecule has 0 aromatic heterocycles. The van der Waals surface area contributed by atoms with E-state index in [0.717, 1.165) is 22.3 Å². The van der Waals surface area contributed by atoms with E-state index in [1.807, 2.05) is 55.5 Å². The molecule has 4 rings (SSSR count).